The Bertz CT molecular complexity index is 454. The summed E-state index contributed by atoms with van der Waals surface area (Å²) in [6.45, 7) is 2.62. The van der Waals surface area contributed by atoms with Gasteiger partial charge in [0.1, 0.15) is 5.75 Å². The standard InChI is InChI=1S/C10H12N4OS/c1-2-15-8-5-3-7(4-6-8)12-10-13-9(11)16-14-10/h3-6H,2H2,1H3,(H3,11,12,13,14). The summed E-state index contributed by atoms with van der Waals surface area (Å²) in [6, 6.07) is 7.59. The molecule has 1 aromatic carbocycles. The van der Waals surface area contributed by atoms with E-state index >= 15 is 0 Å². The van der Waals surface area contributed by atoms with Crippen molar-refractivity contribution in [2.45, 2.75) is 6.92 Å². The molecule has 5 nitrogen and oxygen atoms in total. The molecule has 0 saturated heterocycles. The molecule has 6 heteroatoms. The Morgan fingerprint density at radius 1 is 1.38 bits per heavy atom. The number of aromatic nitrogens is 2. The fraction of sp³-hybridized carbons (Fsp3) is 0.200. The van der Waals surface area contributed by atoms with Crippen LogP contribution in [-0.4, -0.2) is 16.0 Å². The zero-order chi connectivity index (χ0) is 11.4. The van der Waals surface area contributed by atoms with Crippen molar-refractivity contribution in [2.75, 3.05) is 17.7 Å². The summed E-state index contributed by atoms with van der Waals surface area (Å²) in [5, 5.41) is 3.50. The molecule has 84 valence electrons. The normalized spacial score (nSPS) is 10.1. The van der Waals surface area contributed by atoms with Crippen molar-refractivity contribution in [3.05, 3.63) is 24.3 Å². The van der Waals surface area contributed by atoms with E-state index in [0.717, 1.165) is 23.0 Å². The fourth-order valence-electron chi connectivity index (χ4n) is 1.22. The van der Waals surface area contributed by atoms with Gasteiger partial charge in [-0.15, -0.1) is 0 Å². The average molecular weight is 236 g/mol. The molecule has 0 saturated carbocycles. The average Bonchev–Trinajstić information content (AvgIpc) is 2.67. The number of nitrogens with two attached hydrogens (primary N) is 1. The molecular formula is C10H12N4OS. The first-order valence-corrected chi connectivity index (χ1v) is 5.64. The minimum Gasteiger partial charge on any atom is -0.494 e. The first kappa shape index (κ1) is 10.7. The first-order chi connectivity index (χ1) is 7.78. The molecule has 0 atom stereocenters. The molecule has 1 aromatic heterocycles. The second-order valence-electron chi connectivity index (χ2n) is 3.04. The number of hydrogen-bond donors (Lipinski definition) is 2. The lowest BCUT2D eigenvalue weighted by atomic mass is 10.3. The number of hydrogen-bond acceptors (Lipinski definition) is 6. The highest BCUT2D eigenvalue weighted by Crippen LogP contribution is 2.19. The molecule has 0 unspecified atom stereocenters. The topological polar surface area (TPSA) is 73.1 Å². The molecule has 16 heavy (non-hydrogen) atoms. The predicted molar refractivity (Wildman–Crippen MR) is 65.2 cm³/mol. The van der Waals surface area contributed by atoms with Crippen molar-refractivity contribution in [1.82, 2.24) is 9.36 Å². The van der Waals surface area contributed by atoms with E-state index in [0.29, 0.717) is 17.7 Å². The molecule has 3 N–H and O–H groups in total. The van der Waals surface area contributed by atoms with Gasteiger partial charge in [0, 0.05) is 17.2 Å². The van der Waals surface area contributed by atoms with Crippen molar-refractivity contribution in [3.63, 3.8) is 0 Å². The van der Waals surface area contributed by atoms with Crippen LogP contribution < -0.4 is 15.8 Å². The van der Waals surface area contributed by atoms with Gasteiger partial charge in [-0.2, -0.15) is 9.36 Å². The van der Waals surface area contributed by atoms with Crippen molar-refractivity contribution in [3.8, 4) is 5.75 Å². The van der Waals surface area contributed by atoms with Crippen LogP contribution in [0.25, 0.3) is 0 Å². The van der Waals surface area contributed by atoms with E-state index in [1.165, 1.54) is 0 Å². The van der Waals surface area contributed by atoms with E-state index in [1.807, 2.05) is 31.2 Å². The molecule has 0 amide bonds. The van der Waals surface area contributed by atoms with Crippen molar-refractivity contribution in [1.29, 1.82) is 0 Å². The van der Waals surface area contributed by atoms with E-state index in [2.05, 4.69) is 14.7 Å². The molecular weight excluding hydrogens is 224 g/mol. The van der Waals surface area contributed by atoms with Crippen molar-refractivity contribution >= 4 is 28.3 Å². The number of nitrogens with zero attached hydrogens (tertiary/aromatic N) is 2. The SMILES string of the molecule is CCOc1ccc(Nc2nsc(N)n2)cc1. The van der Waals surface area contributed by atoms with Gasteiger partial charge in [-0.05, 0) is 31.2 Å². The molecule has 0 fully saturated rings. The largest absolute Gasteiger partial charge is 0.494 e. The maximum atomic E-state index is 5.48. The molecule has 0 aliphatic heterocycles. The number of nitrogen functional groups attached to an aromatic ring is 1. The summed E-state index contributed by atoms with van der Waals surface area (Å²) in [4.78, 5) is 4.01. The number of benzene rings is 1. The van der Waals surface area contributed by atoms with Gasteiger partial charge >= 0.3 is 0 Å². The molecule has 0 aliphatic rings. The van der Waals surface area contributed by atoms with Gasteiger partial charge in [0.15, 0.2) is 0 Å². The summed E-state index contributed by atoms with van der Waals surface area (Å²) in [5.74, 6) is 1.37. The molecule has 0 bridgehead atoms. The van der Waals surface area contributed by atoms with Crippen LogP contribution in [0.5, 0.6) is 5.75 Å². The van der Waals surface area contributed by atoms with Crippen LogP contribution in [0, 0.1) is 0 Å². The van der Waals surface area contributed by atoms with Crippen molar-refractivity contribution in [2.24, 2.45) is 0 Å². The third-order valence-corrected chi connectivity index (χ3v) is 2.41. The highest BCUT2D eigenvalue weighted by atomic mass is 32.1. The number of anilines is 3. The van der Waals surface area contributed by atoms with Crippen LogP contribution in [0.2, 0.25) is 0 Å². The van der Waals surface area contributed by atoms with Crippen LogP contribution in [-0.2, 0) is 0 Å². The Morgan fingerprint density at radius 3 is 2.69 bits per heavy atom. The molecule has 2 aromatic rings. The lowest BCUT2D eigenvalue weighted by Gasteiger charge is -2.04. The number of nitrogens with one attached hydrogen (secondary N) is 1. The number of ether oxygens (including phenoxy) is 1. The second-order valence-corrected chi connectivity index (χ2v) is 3.82. The van der Waals surface area contributed by atoms with Gasteiger partial charge in [0.25, 0.3) is 0 Å². The summed E-state index contributed by atoms with van der Waals surface area (Å²) < 4.78 is 9.37. The maximum absolute atomic E-state index is 5.48. The highest BCUT2D eigenvalue weighted by molar-refractivity contribution is 7.09. The molecule has 2 rings (SSSR count). The predicted octanol–water partition coefficient (Wildman–Crippen LogP) is 2.26. The second kappa shape index (κ2) is 4.80. The van der Waals surface area contributed by atoms with Crippen molar-refractivity contribution < 1.29 is 4.74 Å². The van der Waals surface area contributed by atoms with Crippen LogP contribution in [0.15, 0.2) is 24.3 Å². The van der Waals surface area contributed by atoms with E-state index in [-0.39, 0.29) is 0 Å². The van der Waals surface area contributed by atoms with Crippen LogP contribution >= 0.6 is 11.5 Å². The molecule has 0 aliphatic carbocycles. The van der Waals surface area contributed by atoms with E-state index < -0.39 is 0 Å². The monoisotopic (exact) mass is 236 g/mol. The molecule has 0 radical (unpaired) electrons. The van der Waals surface area contributed by atoms with Gasteiger partial charge in [0.05, 0.1) is 6.61 Å². The van der Waals surface area contributed by atoms with Gasteiger partial charge < -0.3 is 15.8 Å². The smallest absolute Gasteiger partial charge is 0.240 e. The Balaban J connectivity index is 2.05. The van der Waals surface area contributed by atoms with Crippen LogP contribution in [0.4, 0.5) is 16.8 Å². The Kier molecular flexibility index (Phi) is 3.21. The van der Waals surface area contributed by atoms with Crippen LogP contribution in [0.1, 0.15) is 6.92 Å². The third-order valence-electron chi connectivity index (χ3n) is 1.86. The van der Waals surface area contributed by atoms with E-state index in [9.17, 15) is 0 Å². The Hall–Kier alpha value is -1.82. The van der Waals surface area contributed by atoms with Gasteiger partial charge in [0.2, 0.25) is 11.1 Å². The zero-order valence-corrected chi connectivity index (χ0v) is 9.62. The Labute approximate surface area is 97.4 Å². The molecule has 0 spiro atoms. The van der Waals surface area contributed by atoms with Crippen LogP contribution in [0.3, 0.4) is 0 Å². The summed E-state index contributed by atoms with van der Waals surface area (Å²) in [6.07, 6.45) is 0. The molecule has 1 heterocycles. The summed E-state index contributed by atoms with van der Waals surface area (Å²) in [7, 11) is 0. The third kappa shape index (κ3) is 2.60. The van der Waals surface area contributed by atoms with E-state index in [1.54, 1.807) is 0 Å². The van der Waals surface area contributed by atoms with Gasteiger partial charge in [-0.3, -0.25) is 0 Å². The lowest BCUT2D eigenvalue weighted by Crippen LogP contribution is -1.94. The highest BCUT2D eigenvalue weighted by Gasteiger charge is 2.01. The first-order valence-electron chi connectivity index (χ1n) is 4.87. The van der Waals surface area contributed by atoms with Gasteiger partial charge in [-0.1, -0.05) is 0 Å². The summed E-state index contributed by atoms with van der Waals surface area (Å²) >= 11 is 1.16. The minimum atomic E-state index is 0.452. The minimum absolute atomic E-state index is 0.452. The lowest BCUT2D eigenvalue weighted by molar-refractivity contribution is 0.340. The summed E-state index contributed by atoms with van der Waals surface area (Å²) in [5.41, 5.74) is 6.38. The van der Waals surface area contributed by atoms with Gasteiger partial charge in [-0.25, -0.2) is 0 Å². The quantitative estimate of drug-likeness (QED) is 0.851. The fourth-order valence-corrected chi connectivity index (χ4v) is 1.61. The maximum Gasteiger partial charge on any atom is 0.240 e. The zero-order valence-electron chi connectivity index (χ0n) is 8.80. The van der Waals surface area contributed by atoms with E-state index in [4.69, 9.17) is 10.5 Å². The Morgan fingerprint density at radius 2 is 2.12 bits per heavy atom. The number of rotatable bonds is 4.